The van der Waals surface area contributed by atoms with Crippen molar-refractivity contribution >= 4 is 34.2 Å². The fourth-order valence-electron chi connectivity index (χ4n) is 2.44. The average molecular weight is 363 g/mol. The molecule has 3 aromatic carbocycles. The van der Waals surface area contributed by atoms with Crippen molar-refractivity contribution in [2.45, 2.75) is 7.43 Å². The van der Waals surface area contributed by atoms with E-state index in [1.807, 2.05) is 18.2 Å². The van der Waals surface area contributed by atoms with Gasteiger partial charge >= 0.3 is 5.97 Å². The van der Waals surface area contributed by atoms with Gasteiger partial charge in [0.1, 0.15) is 11.6 Å². The lowest BCUT2D eigenvalue weighted by atomic mass is 10.1. The molecular weight excluding hydrogens is 342 g/mol. The molecular formula is C20H21N5O2. The Labute approximate surface area is 157 Å². The second-order valence-electron chi connectivity index (χ2n) is 5.61. The van der Waals surface area contributed by atoms with Crippen molar-refractivity contribution in [3.8, 4) is 5.75 Å². The molecule has 7 nitrogen and oxygen atoms in total. The number of hydrogen-bond donors (Lipinski definition) is 4. The van der Waals surface area contributed by atoms with E-state index in [1.54, 1.807) is 42.5 Å². The number of fused-ring (bicyclic) bond motifs is 1. The summed E-state index contributed by atoms with van der Waals surface area (Å²) >= 11 is 0. The molecule has 0 saturated carbocycles. The summed E-state index contributed by atoms with van der Waals surface area (Å²) in [6.45, 7) is 0. The van der Waals surface area contributed by atoms with Crippen molar-refractivity contribution < 1.29 is 9.53 Å². The lowest BCUT2D eigenvalue weighted by Gasteiger charge is -2.07. The molecule has 0 amide bonds. The Morgan fingerprint density at radius 3 is 2.07 bits per heavy atom. The van der Waals surface area contributed by atoms with Crippen LogP contribution in [-0.4, -0.2) is 17.8 Å². The number of rotatable bonds is 4. The minimum atomic E-state index is -0.485. The van der Waals surface area contributed by atoms with Crippen molar-refractivity contribution in [3.63, 3.8) is 0 Å². The first-order chi connectivity index (χ1) is 12.4. The Morgan fingerprint density at radius 1 is 0.852 bits per heavy atom. The predicted octanol–water partition coefficient (Wildman–Crippen LogP) is 2.88. The summed E-state index contributed by atoms with van der Waals surface area (Å²) in [5, 5.41) is 9.26. The Kier molecular flexibility index (Phi) is 5.77. The third-order valence-electron chi connectivity index (χ3n) is 3.69. The number of aliphatic imine (C=N–C) groups is 1. The van der Waals surface area contributed by atoms with Crippen molar-refractivity contribution in [3.05, 3.63) is 71.8 Å². The van der Waals surface area contributed by atoms with Crippen LogP contribution in [0, 0.1) is 5.41 Å². The molecule has 0 aliphatic carbocycles. The summed E-state index contributed by atoms with van der Waals surface area (Å²) in [5.74, 6) is -0.108. The van der Waals surface area contributed by atoms with Gasteiger partial charge in [0.2, 0.25) is 0 Å². The molecule has 0 spiro atoms. The van der Waals surface area contributed by atoms with Crippen LogP contribution in [0.3, 0.4) is 0 Å². The summed E-state index contributed by atoms with van der Waals surface area (Å²) in [7, 11) is 0. The van der Waals surface area contributed by atoms with Crippen LogP contribution in [0.2, 0.25) is 0 Å². The van der Waals surface area contributed by atoms with E-state index in [0.717, 1.165) is 10.8 Å². The minimum absolute atomic E-state index is 0. The summed E-state index contributed by atoms with van der Waals surface area (Å²) in [6.07, 6.45) is 0. The number of amidine groups is 1. The molecule has 0 radical (unpaired) electrons. The molecule has 7 heteroatoms. The number of esters is 1. The smallest absolute Gasteiger partial charge is 0.343 e. The van der Waals surface area contributed by atoms with Crippen molar-refractivity contribution in [1.29, 1.82) is 5.41 Å². The molecule has 0 saturated heterocycles. The van der Waals surface area contributed by atoms with E-state index < -0.39 is 5.97 Å². The van der Waals surface area contributed by atoms with E-state index in [9.17, 15) is 4.79 Å². The van der Waals surface area contributed by atoms with Crippen LogP contribution < -0.4 is 21.9 Å². The highest BCUT2D eigenvalue weighted by atomic mass is 16.5. The molecule has 0 aliphatic rings. The largest absolute Gasteiger partial charge is 0.423 e. The van der Waals surface area contributed by atoms with Crippen LogP contribution in [0.5, 0.6) is 5.75 Å². The number of ether oxygens (including phenoxy) is 1. The molecule has 0 heterocycles. The number of benzene rings is 3. The van der Waals surface area contributed by atoms with Gasteiger partial charge in [0.05, 0.1) is 11.3 Å². The quantitative estimate of drug-likeness (QED) is 0.244. The molecule has 138 valence electrons. The van der Waals surface area contributed by atoms with Crippen LogP contribution in [0.25, 0.3) is 10.8 Å². The maximum Gasteiger partial charge on any atom is 0.343 e. The van der Waals surface area contributed by atoms with E-state index in [0.29, 0.717) is 22.6 Å². The molecule has 7 N–H and O–H groups in total. The van der Waals surface area contributed by atoms with E-state index in [4.69, 9.17) is 27.3 Å². The number of hydrogen-bond acceptors (Lipinski definition) is 4. The van der Waals surface area contributed by atoms with Gasteiger partial charge < -0.3 is 21.9 Å². The minimum Gasteiger partial charge on any atom is -0.423 e. The first kappa shape index (κ1) is 19.5. The Balaban J connectivity index is 0.00000261. The number of nitrogen functional groups attached to an aromatic ring is 1. The molecule has 0 bridgehead atoms. The van der Waals surface area contributed by atoms with Crippen LogP contribution in [-0.2, 0) is 0 Å². The molecule has 0 unspecified atom stereocenters. The van der Waals surface area contributed by atoms with Gasteiger partial charge in [0.15, 0.2) is 5.96 Å². The zero-order valence-corrected chi connectivity index (χ0v) is 13.8. The van der Waals surface area contributed by atoms with E-state index in [2.05, 4.69) is 4.99 Å². The molecule has 0 aromatic heterocycles. The first-order valence-electron chi connectivity index (χ1n) is 7.72. The molecule has 0 atom stereocenters. The number of nitrogens with one attached hydrogen (secondary N) is 1. The van der Waals surface area contributed by atoms with Crippen LogP contribution >= 0.6 is 0 Å². The lowest BCUT2D eigenvalue weighted by molar-refractivity contribution is 0.0735. The lowest BCUT2D eigenvalue weighted by Crippen LogP contribution is -2.21. The molecule has 0 aliphatic heterocycles. The van der Waals surface area contributed by atoms with Crippen LogP contribution in [0.15, 0.2) is 65.7 Å². The zero-order chi connectivity index (χ0) is 18.7. The number of carbonyl (C=O) groups is 1. The van der Waals surface area contributed by atoms with Gasteiger partial charge in [0.25, 0.3) is 0 Å². The maximum atomic E-state index is 12.3. The van der Waals surface area contributed by atoms with Gasteiger partial charge in [-0.3, -0.25) is 5.41 Å². The fraction of sp³-hybridized carbons (Fsp3) is 0.0500. The SMILES string of the molecule is C.N=C(N)c1ccc2cc(OC(=O)c3ccc(N=C(N)N)cc3)ccc2c1. The Morgan fingerprint density at radius 2 is 1.44 bits per heavy atom. The number of nitrogens with two attached hydrogens (primary N) is 3. The summed E-state index contributed by atoms with van der Waals surface area (Å²) < 4.78 is 5.42. The number of nitrogens with zero attached hydrogens (tertiary/aromatic N) is 1. The zero-order valence-electron chi connectivity index (χ0n) is 13.8. The topological polar surface area (TPSA) is 141 Å². The monoisotopic (exact) mass is 363 g/mol. The van der Waals surface area contributed by atoms with Gasteiger partial charge in [-0.05, 0) is 53.2 Å². The van der Waals surface area contributed by atoms with Crippen molar-refractivity contribution in [2.24, 2.45) is 22.2 Å². The highest BCUT2D eigenvalue weighted by Gasteiger charge is 2.09. The van der Waals surface area contributed by atoms with Crippen molar-refractivity contribution in [1.82, 2.24) is 0 Å². The van der Waals surface area contributed by atoms with Gasteiger partial charge in [-0.1, -0.05) is 25.6 Å². The fourth-order valence-corrected chi connectivity index (χ4v) is 2.44. The normalized spacial score (nSPS) is 9.93. The molecule has 27 heavy (non-hydrogen) atoms. The van der Waals surface area contributed by atoms with Gasteiger partial charge in [-0.2, -0.15) is 0 Å². The molecule has 3 aromatic rings. The molecule has 0 fully saturated rings. The van der Waals surface area contributed by atoms with Gasteiger partial charge in [0, 0.05) is 5.56 Å². The Bertz CT molecular complexity index is 1020. The van der Waals surface area contributed by atoms with E-state index in [-0.39, 0.29) is 19.2 Å². The standard InChI is InChI=1S/C19H17N5O2.CH4/c20-17(21)14-2-1-13-10-16(8-5-12(13)9-14)26-18(25)11-3-6-15(7-4-11)24-19(22)23;/h1-10H,(H3,20,21)(H4,22,23,24);1H4. The van der Waals surface area contributed by atoms with Crippen molar-refractivity contribution in [2.75, 3.05) is 0 Å². The van der Waals surface area contributed by atoms with E-state index in [1.165, 1.54) is 0 Å². The highest BCUT2D eigenvalue weighted by Crippen LogP contribution is 2.23. The second kappa shape index (κ2) is 8.01. The maximum absolute atomic E-state index is 12.3. The van der Waals surface area contributed by atoms with Gasteiger partial charge in [-0.15, -0.1) is 0 Å². The van der Waals surface area contributed by atoms with Crippen LogP contribution in [0.4, 0.5) is 5.69 Å². The third kappa shape index (κ3) is 4.60. The highest BCUT2D eigenvalue weighted by molar-refractivity contribution is 5.99. The molecule has 3 rings (SSSR count). The second-order valence-corrected chi connectivity index (χ2v) is 5.61. The predicted molar refractivity (Wildman–Crippen MR) is 109 cm³/mol. The summed E-state index contributed by atoms with van der Waals surface area (Å²) in [4.78, 5) is 16.2. The summed E-state index contributed by atoms with van der Waals surface area (Å²) in [5.41, 5.74) is 17.7. The average Bonchev–Trinajstić information content (AvgIpc) is 2.61. The van der Waals surface area contributed by atoms with Crippen LogP contribution in [0.1, 0.15) is 23.3 Å². The number of carbonyl (C=O) groups excluding carboxylic acids is 1. The van der Waals surface area contributed by atoms with Gasteiger partial charge in [-0.25, -0.2) is 9.79 Å². The Hall–Kier alpha value is -3.87. The summed E-state index contributed by atoms with van der Waals surface area (Å²) in [6, 6.07) is 17.1. The number of guanidine groups is 1. The first-order valence-corrected chi connectivity index (χ1v) is 7.72. The third-order valence-corrected chi connectivity index (χ3v) is 3.69. The van der Waals surface area contributed by atoms with E-state index >= 15 is 0 Å².